The van der Waals surface area contributed by atoms with Gasteiger partial charge in [-0.1, -0.05) is 12.5 Å². The molecule has 30 heavy (non-hydrogen) atoms. The summed E-state index contributed by atoms with van der Waals surface area (Å²) in [7, 11) is 0. The van der Waals surface area contributed by atoms with Gasteiger partial charge in [-0.25, -0.2) is 0 Å². The molecule has 0 saturated carbocycles. The zero-order chi connectivity index (χ0) is 20.8. The summed E-state index contributed by atoms with van der Waals surface area (Å²) < 4.78 is 0. The highest BCUT2D eigenvalue weighted by molar-refractivity contribution is 6.23. The molecular weight excluding hydrogens is 384 g/mol. The zero-order valence-electron chi connectivity index (χ0n) is 16.8. The number of rotatable bonds is 4. The number of piperidine rings is 3. The first-order valence-electron chi connectivity index (χ1n) is 10.8. The second-order valence-corrected chi connectivity index (χ2v) is 8.87. The SMILES string of the molecule is O=C1CCC(N2C(=O)c3ccc(CNC4CC5CCCC(C4)N5)cc3C2=O)C(=O)N1. The smallest absolute Gasteiger partial charge is 0.262 e. The lowest BCUT2D eigenvalue weighted by Crippen LogP contribution is -2.54. The lowest BCUT2D eigenvalue weighted by atomic mass is 9.84. The minimum absolute atomic E-state index is 0.122. The molecule has 0 aliphatic carbocycles. The maximum absolute atomic E-state index is 12.9. The molecule has 3 saturated heterocycles. The van der Waals surface area contributed by atoms with Crippen molar-refractivity contribution in [3.63, 3.8) is 0 Å². The third-order valence-corrected chi connectivity index (χ3v) is 6.81. The molecule has 158 valence electrons. The van der Waals surface area contributed by atoms with Gasteiger partial charge in [0.2, 0.25) is 11.8 Å². The van der Waals surface area contributed by atoms with Crippen LogP contribution < -0.4 is 16.0 Å². The summed E-state index contributed by atoms with van der Waals surface area (Å²) >= 11 is 0. The molecule has 0 aromatic heterocycles. The zero-order valence-corrected chi connectivity index (χ0v) is 16.8. The van der Waals surface area contributed by atoms with Gasteiger partial charge in [0.25, 0.3) is 11.8 Å². The maximum atomic E-state index is 12.9. The first kappa shape index (κ1) is 19.4. The van der Waals surface area contributed by atoms with Gasteiger partial charge in [-0.15, -0.1) is 0 Å². The first-order chi connectivity index (χ1) is 14.5. The molecule has 3 unspecified atom stereocenters. The van der Waals surface area contributed by atoms with Gasteiger partial charge in [0.05, 0.1) is 11.1 Å². The number of nitrogens with one attached hydrogen (secondary N) is 3. The third kappa shape index (κ3) is 3.44. The average molecular weight is 410 g/mol. The molecule has 3 N–H and O–H groups in total. The Morgan fingerprint density at radius 3 is 2.43 bits per heavy atom. The normalized spacial score (nSPS) is 31.0. The van der Waals surface area contributed by atoms with Gasteiger partial charge in [-0.2, -0.15) is 0 Å². The van der Waals surface area contributed by atoms with E-state index in [2.05, 4.69) is 16.0 Å². The van der Waals surface area contributed by atoms with E-state index in [9.17, 15) is 19.2 Å². The predicted octanol–water partition coefficient (Wildman–Crippen LogP) is 0.851. The summed E-state index contributed by atoms with van der Waals surface area (Å²) in [5.41, 5.74) is 1.61. The summed E-state index contributed by atoms with van der Waals surface area (Å²) in [4.78, 5) is 50.3. The van der Waals surface area contributed by atoms with E-state index in [4.69, 9.17) is 0 Å². The molecule has 8 nitrogen and oxygen atoms in total. The second kappa shape index (κ2) is 7.59. The van der Waals surface area contributed by atoms with Crippen LogP contribution in [0.3, 0.4) is 0 Å². The number of carbonyl (C=O) groups excluding carboxylic acids is 4. The molecule has 1 aromatic rings. The van der Waals surface area contributed by atoms with Gasteiger partial charge < -0.3 is 10.6 Å². The molecule has 3 atom stereocenters. The highest BCUT2D eigenvalue weighted by Crippen LogP contribution is 2.29. The van der Waals surface area contributed by atoms with E-state index in [1.807, 2.05) is 6.07 Å². The van der Waals surface area contributed by atoms with E-state index in [0.29, 0.717) is 35.8 Å². The standard InChI is InChI=1S/C22H26N4O4/c27-19-7-6-18(20(28)25-19)26-21(29)16-5-4-12(8-17(16)22(26)30)11-23-15-9-13-2-1-3-14(10-15)24-13/h4-5,8,13-15,18,23-24H,1-3,6-7,9-11H2,(H,25,27,28). The Labute approximate surface area is 174 Å². The van der Waals surface area contributed by atoms with Crippen LogP contribution in [0.2, 0.25) is 0 Å². The summed E-state index contributed by atoms with van der Waals surface area (Å²) in [5, 5.41) is 9.53. The fourth-order valence-corrected chi connectivity index (χ4v) is 5.32. The molecule has 4 aliphatic heterocycles. The van der Waals surface area contributed by atoms with Crippen LogP contribution in [0.5, 0.6) is 0 Å². The number of hydrogen-bond acceptors (Lipinski definition) is 6. The van der Waals surface area contributed by atoms with Crippen molar-refractivity contribution in [2.45, 2.75) is 75.7 Å². The molecule has 2 bridgehead atoms. The van der Waals surface area contributed by atoms with Crippen molar-refractivity contribution < 1.29 is 19.2 Å². The Bertz CT molecular complexity index is 918. The minimum atomic E-state index is -0.925. The quantitative estimate of drug-likeness (QED) is 0.636. The number of nitrogens with zero attached hydrogens (tertiary/aromatic N) is 1. The molecule has 4 amide bonds. The Morgan fingerprint density at radius 2 is 1.70 bits per heavy atom. The monoisotopic (exact) mass is 410 g/mol. The van der Waals surface area contributed by atoms with Crippen molar-refractivity contribution >= 4 is 23.6 Å². The maximum Gasteiger partial charge on any atom is 0.262 e. The summed E-state index contributed by atoms with van der Waals surface area (Å²) in [5.74, 6) is -1.87. The Balaban J connectivity index is 1.28. The number of carbonyl (C=O) groups is 4. The van der Waals surface area contributed by atoms with Crippen LogP contribution in [0.1, 0.15) is 71.2 Å². The van der Waals surface area contributed by atoms with Crippen LogP contribution >= 0.6 is 0 Å². The van der Waals surface area contributed by atoms with E-state index in [0.717, 1.165) is 23.3 Å². The number of hydrogen-bond donors (Lipinski definition) is 3. The number of amides is 4. The van der Waals surface area contributed by atoms with E-state index in [1.54, 1.807) is 12.1 Å². The lowest BCUT2D eigenvalue weighted by molar-refractivity contribution is -0.136. The van der Waals surface area contributed by atoms with Crippen LogP contribution in [-0.2, 0) is 16.1 Å². The molecule has 3 fully saturated rings. The van der Waals surface area contributed by atoms with Gasteiger partial charge in [0, 0.05) is 31.1 Å². The molecule has 1 aromatic carbocycles. The second-order valence-electron chi connectivity index (χ2n) is 8.87. The van der Waals surface area contributed by atoms with Crippen LogP contribution in [0, 0.1) is 0 Å². The summed E-state index contributed by atoms with van der Waals surface area (Å²) in [6.07, 6.45) is 6.30. The van der Waals surface area contributed by atoms with Crippen molar-refractivity contribution in [3.8, 4) is 0 Å². The lowest BCUT2D eigenvalue weighted by Gasteiger charge is -2.40. The fourth-order valence-electron chi connectivity index (χ4n) is 5.32. The fraction of sp³-hybridized carbons (Fsp3) is 0.545. The van der Waals surface area contributed by atoms with E-state index < -0.39 is 23.8 Å². The van der Waals surface area contributed by atoms with Gasteiger partial charge in [-0.3, -0.25) is 29.4 Å². The molecular formula is C22H26N4O4. The van der Waals surface area contributed by atoms with E-state index in [1.165, 1.54) is 19.3 Å². The molecule has 0 radical (unpaired) electrons. The number of benzene rings is 1. The largest absolute Gasteiger partial charge is 0.311 e. The van der Waals surface area contributed by atoms with Crippen molar-refractivity contribution in [2.75, 3.05) is 0 Å². The van der Waals surface area contributed by atoms with Crippen molar-refractivity contribution in [3.05, 3.63) is 34.9 Å². The van der Waals surface area contributed by atoms with Crippen molar-refractivity contribution in [1.82, 2.24) is 20.9 Å². The van der Waals surface area contributed by atoms with Crippen LogP contribution in [0.15, 0.2) is 18.2 Å². The van der Waals surface area contributed by atoms with Gasteiger partial charge in [0.15, 0.2) is 0 Å². The van der Waals surface area contributed by atoms with E-state index in [-0.39, 0.29) is 18.7 Å². The molecule has 4 heterocycles. The molecule has 4 aliphatic rings. The Kier molecular flexibility index (Phi) is 4.91. The number of fused-ring (bicyclic) bond motifs is 3. The average Bonchev–Trinajstić information content (AvgIpc) is 2.96. The molecule has 5 rings (SSSR count). The molecule has 0 spiro atoms. The van der Waals surface area contributed by atoms with Crippen molar-refractivity contribution in [1.29, 1.82) is 0 Å². The minimum Gasteiger partial charge on any atom is -0.311 e. The summed E-state index contributed by atoms with van der Waals surface area (Å²) in [6, 6.07) is 6.02. The van der Waals surface area contributed by atoms with Crippen molar-refractivity contribution in [2.24, 2.45) is 0 Å². The van der Waals surface area contributed by atoms with Crippen LogP contribution in [0.4, 0.5) is 0 Å². The first-order valence-corrected chi connectivity index (χ1v) is 10.8. The topological polar surface area (TPSA) is 108 Å². The van der Waals surface area contributed by atoms with Gasteiger partial charge in [0.1, 0.15) is 6.04 Å². The van der Waals surface area contributed by atoms with E-state index >= 15 is 0 Å². The van der Waals surface area contributed by atoms with Crippen LogP contribution in [-0.4, -0.2) is 52.7 Å². The Hall–Kier alpha value is -2.58. The Morgan fingerprint density at radius 1 is 0.967 bits per heavy atom. The van der Waals surface area contributed by atoms with Gasteiger partial charge in [-0.05, 0) is 49.8 Å². The number of imide groups is 2. The summed E-state index contributed by atoms with van der Waals surface area (Å²) in [6.45, 7) is 0.636. The van der Waals surface area contributed by atoms with Gasteiger partial charge >= 0.3 is 0 Å². The third-order valence-electron chi connectivity index (χ3n) is 6.81. The predicted molar refractivity (Wildman–Crippen MR) is 108 cm³/mol. The molecule has 8 heteroatoms. The highest BCUT2D eigenvalue weighted by atomic mass is 16.2. The van der Waals surface area contributed by atoms with Crippen LogP contribution in [0.25, 0.3) is 0 Å². The highest BCUT2D eigenvalue weighted by Gasteiger charge is 2.44.